The Kier molecular flexibility index (Phi) is 6.02. The van der Waals surface area contributed by atoms with E-state index in [0.29, 0.717) is 41.5 Å². The van der Waals surface area contributed by atoms with Crippen molar-refractivity contribution in [2.45, 2.75) is 6.92 Å². The third-order valence-corrected chi connectivity index (χ3v) is 5.19. The number of aromatic nitrogens is 3. The normalized spacial score (nSPS) is 11.0. The van der Waals surface area contributed by atoms with Gasteiger partial charge in [-0.3, -0.25) is 9.20 Å². The first-order valence-electron chi connectivity index (χ1n) is 9.72. The maximum absolute atomic E-state index is 14.5. The standard InChI is InChI=1S/C22H19ClF2N6O/c1-12-10-13(2-3-14(12)22(32)28-7-6-26)30-20-21-29-11-17(31(21)9-8-27-20)15-4-5-16(23)19(25)18(15)24/h2-5,8-11H,6-7,26H2,1H3,(H,27,30)(H,28,32). The number of benzene rings is 2. The number of nitrogens with one attached hydrogen (secondary N) is 2. The van der Waals surface area contributed by atoms with E-state index < -0.39 is 11.6 Å². The number of aryl methyl sites for hydroxylation is 1. The van der Waals surface area contributed by atoms with Gasteiger partial charge in [0, 0.05) is 42.3 Å². The highest BCUT2D eigenvalue weighted by atomic mass is 35.5. The molecule has 0 saturated carbocycles. The van der Waals surface area contributed by atoms with Crippen LogP contribution in [-0.4, -0.2) is 33.4 Å². The lowest BCUT2D eigenvalue weighted by Crippen LogP contribution is -2.29. The first kappa shape index (κ1) is 21.7. The fourth-order valence-corrected chi connectivity index (χ4v) is 3.49. The highest BCUT2D eigenvalue weighted by molar-refractivity contribution is 6.30. The number of hydrogen-bond donors (Lipinski definition) is 3. The van der Waals surface area contributed by atoms with E-state index in [9.17, 15) is 13.6 Å². The first-order chi connectivity index (χ1) is 15.4. The van der Waals surface area contributed by atoms with Crippen LogP contribution in [0.1, 0.15) is 15.9 Å². The minimum atomic E-state index is -1.11. The van der Waals surface area contributed by atoms with Gasteiger partial charge >= 0.3 is 0 Å². The van der Waals surface area contributed by atoms with Gasteiger partial charge in [-0.2, -0.15) is 0 Å². The van der Waals surface area contributed by atoms with Gasteiger partial charge in [-0.1, -0.05) is 11.6 Å². The molecule has 0 bridgehead atoms. The number of imidazole rings is 1. The van der Waals surface area contributed by atoms with Crippen LogP contribution >= 0.6 is 11.6 Å². The molecular formula is C22H19ClF2N6O. The SMILES string of the molecule is Cc1cc(Nc2nccn3c(-c4ccc(Cl)c(F)c4F)cnc23)ccc1C(=O)NCCN. The minimum Gasteiger partial charge on any atom is -0.351 e. The summed E-state index contributed by atoms with van der Waals surface area (Å²) in [6.07, 6.45) is 4.56. The molecule has 2 aromatic carbocycles. The van der Waals surface area contributed by atoms with Crippen molar-refractivity contribution < 1.29 is 13.6 Å². The van der Waals surface area contributed by atoms with Crippen molar-refractivity contribution in [3.8, 4) is 11.3 Å². The van der Waals surface area contributed by atoms with Crippen LogP contribution in [0.15, 0.2) is 48.9 Å². The Morgan fingerprint density at radius 1 is 1.19 bits per heavy atom. The van der Waals surface area contributed by atoms with Gasteiger partial charge in [0.2, 0.25) is 0 Å². The molecular weight excluding hydrogens is 438 g/mol. The Labute approximate surface area is 187 Å². The number of rotatable bonds is 6. The lowest BCUT2D eigenvalue weighted by molar-refractivity contribution is 0.0954. The Hall–Kier alpha value is -3.56. The molecule has 2 heterocycles. The van der Waals surface area contributed by atoms with E-state index in [2.05, 4.69) is 20.6 Å². The van der Waals surface area contributed by atoms with E-state index in [-0.39, 0.29) is 16.5 Å². The van der Waals surface area contributed by atoms with Gasteiger partial charge in [-0.05, 0) is 42.8 Å². The van der Waals surface area contributed by atoms with Crippen molar-refractivity contribution >= 4 is 34.7 Å². The fourth-order valence-electron chi connectivity index (χ4n) is 3.34. The number of amides is 1. The first-order valence-corrected chi connectivity index (χ1v) is 10.1. The van der Waals surface area contributed by atoms with E-state index >= 15 is 0 Å². The van der Waals surface area contributed by atoms with Crippen molar-refractivity contribution in [2.24, 2.45) is 5.73 Å². The zero-order chi connectivity index (χ0) is 22.8. The summed E-state index contributed by atoms with van der Waals surface area (Å²) in [5.41, 5.74) is 8.21. The van der Waals surface area contributed by atoms with Crippen LogP contribution in [0.4, 0.5) is 20.3 Å². The number of carbonyl (C=O) groups excluding carboxylic acids is 1. The van der Waals surface area contributed by atoms with Crippen LogP contribution < -0.4 is 16.4 Å². The summed E-state index contributed by atoms with van der Waals surface area (Å²) in [6, 6.07) is 7.94. The quantitative estimate of drug-likeness (QED) is 0.380. The molecule has 4 N–H and O–H groups in total. The van der Waals surface area contributed by atoms with Crippen LogP contribution in [0.3, 0.4) is 0 Å². The molecule has 0 fully saturated rings. The summed E-state index contributed by atoms with van der Waals surface area (Å²) < 4.78 is 30.0. The van der Waals surface area contributed by atoms with E-state index in [4.69, 9.17) is 17.3 Å². The number of nitrogens with two attached hydrogens (primary N) is 1. The Balaban J connectivity index is 1.67. The number of nitrogens with zero attached hydrogens (tertiary/aromatic N) is 3. The lowest BCUT2D eigenvalue weighted by atomic mass is 10.1. The number of carbonyl (C=O) groups is 1. The smallest absolute Gasteiger partial charge is 0.251 e. The van der Waals surface area contributed by atoms with Crippen molar-refractivity contribution in [2.75, 3.05) is 18.4 Å². The lowest BCUT2D eigenvalue weighted by Gasteiger charge is -2.11. The number of hydrogen-bond acceptors (Lipinski definition) is 5. The monoisotopic (exact) mass is 456 g/mol. The fraction of sp³-hybridized carbons (Fsp3) is 0.136. The van der Waals surface area contributed by atoms with Crippen LogP contribution in [0.5, 0.6) is 0 Å². The summed E-state index contributed by atoms with van der Waals surface area (Å²) in [6.45, 7) is 2.57. The maximum Gasteiger partial charge on any atom is 0.251 e. The largest absolute Gasteiger partial charge is 0.351 e. The average molecular weight is 457 g/mol. The van der Waals surface area contributed by atoms with Crippen LogP contribution in [0.2, 0.25) is 5.02 Å². The molecule has 0 saturated heterocycles. The molecule has 0 atom stereocenters. The summed E-state index contributed by atoms with van der Waals surface area (Å²) in [5, 5.41) is 5.61. The van der Waals surface area contributed by atoms with Crippen LogP contribution in [0, 0.1) is 18.6 Å². The van der Waals surface area contributed by atoms with E-state index in [1.807, 2.05) is 6.92 Å². The van der Waals surface area contributed by atoms with Gasteiger partial charge < -0.3 is 16.4 Å². The molecule has 0 aliphatic heterocycles. The molecule has 32 heavy (non-hydrogen) atoms. The van der Waals surface area contributed by atoms with Gasteiger partial charge in [0.15, 0.2) is 23.1 Å². The summed E-state index contributed by atoms with van der Waals surface area (Å²) in [7, 11) is 0. The van der Waals surface area contributed by atoms with Crippen molar-refractivity contribution in [1.29, 1.82) is 0 Å². The van der Waals surface area contributed by atoms with E-state index in [0.717, 1.165) is 5.56 Å². The average Bonchev–Trinajstić information content (AvgIpc) is 3.21. The molecule has 0 unspecified atom stereocenters. The summed E-state index contributed by atoms with van der Waals surface area (Å²) in [4.78, 5) is 20.8. The van der Waals surface area contributed by atoms with E-state index in [1.165, 1.54) is 24.5 Å². The van der Waals surface area contributed by atoms with E-state index in [1.54, 1.807) is 28.8 Å². The number of fused-ring (bicyclic) bond motifs is 1. The Bertz CT molecular complexity index is 1320. The van der Waals surface area contributed by atoms with Crippen molar-refractivity contribution in [3.05, 3.63) is 76.7 Å². The molecule has 1 amide bonds. The number of anilines is 2. The predicted molar refractivity (Wildman–Crippen MR) is 119 cm³/mol. The predicted octanol–water partition coefficient (Wildman–Crippen LogP) is 4.07. The summed E-state index contributed by atoms with van der Waals surface area (Å²) in [5.74, 6) is -1.95. The van der Waals surface area contributed by atoms with Crippen molar-refractivity contribution in [3.63, 3.8) is 0 Å². The zero-order valence-electron chi connectivity index (χ0n) is 17.0. The third-order valence-electron chi connectivity index (χ3n) is 4.90. The van der Waals surface area contributed by atoms with Gasteiger partial charge in [0.05, 0.1) is 16.9 Å². The molecule has 164 valence electrons. The molecule has 7 nitrogen and oxygen atoms in total. The molecule has 0 spiro atoms. The van der Waals surface area contributed by atoms with Crippen LogP contribution in [-0.2, 0) is 0 Å². The second-order valence-electron chi connectivity index (χ2n) is 7.04. The van der Waals surface area contributed by atoms with Gasteiger partial charge in [0.25, 0.3) is 5.91 Å². The topological polar surface area (TPSA) is 97.3 Å². The van der Waals surface area contributed by atoms with Gasteiger partial charge in [-0.15, -0.1) is 0 Å². The molecule has 2 aromatic heterocycles. The maximum atomic E-state index is 14.5. The zero-order valence-corrected chi connectivity index (χ0v) is 17.8. The Morgan fingerprint density at radius 3 is 2.75 bits per heavy atom. The van der Waals surface area contributed by atoms with Gasteiger partial charge in [-0.25, -0.2) is 18.7 Å². The van der Waals surface area contributed by atoms with Crippen molar-refractivity contribution in [1.82, 2.24) is 19.7 Å². The van der Waals surface area contributed by atoms with Crippen LogP contribution in [0.25, 0.3) is 16.9 Å². The highest BCUT2D eigenvalue weighted by Gasteiger charge is 2.18. The molecule has 10 heteroatoms. The molecule has 0 aliphatic carbocycles. The molecule has 4 rings (SSSR count). The second-order valence-corrected chi connectivity index (χ2v) is 7.44. The summed E-state index contributed by atoms with van der Waals surface area (Å²) >= 11 is 5.66. The molecule has 4 aromatic rings. The van der Waals surface area contributed by atoms with Gasteiger partial charge in [0.1, 0.15) is 0 Å². The molecule has 0 radical (unpaired) electrons. The Morgan fingerprint density at radius 2 is 2.00 bits per heavy atom. The minimum absolute atomic E-state index is 0.0280. The second kappa shape index (κ2) is 8.89. The highest BCUT2D eigenvalue weighted by Crippen LogP contribution is 2.30. The number of halogens is 3. The third kappa shape index (κ3) is 4.00. The molecule has 0 aliphatic rings.